The summed E-state index contributed by atoms with van der Waals surface area (Å²) in [7, 11) is 0. The van der Waals surface area contributed by atoms with Crippen molar-refractivity contribution >= 4 is 11.9 Å². The van der Waals surface area contributed by atoms with Gasteiger partial charge in [0, 0.05) is 43.6 Å². The van der Waals surface area contributed by atoms with E-state index >= 15 is 0 Å². The second-order valence-electron chi connectivity index (χ2n) is 15.4. The molecule has 8 heteroatoms. The van der Waals surface area contributed by atoms with E-state index in [0.29, 0.717) is 23.4 Å². The van der Waals surface area contributed by atoms with Crippen LogP contribution in [0, 0.1) is 16.7 Å². The minimum Gasteiger partial charge on any atom is -0.481 e. The predicted octanol–water partition coefficient (Wildman–Crippen LogP) is 7.02. The van der Waals surface area contributed by atoms with Crippen molar-refractivity contribution < 1.29 is 29.3 Å². The number of aliphatic carboxylic acids is 1. The number of nitrogens with zero attached hydrogens (tertiary/aromatic N) is 1. The lowest BCUT2D eigenvalue weighted by molar-refractivity contribution is -0.276. The van der Waals surface area contributed by atoms with Crippen molar-refractivity contribution in [1.82, 2.24) is 10.2 Å². The molecule has 8 nitrogen and oxygen atoms in total. The maximum atomic E-state index is 12.2. The number of rotatable bonds is 11. The van der Waals surface area contributed by atoms with Gasteiger partial charge in [-0.25, -0.2) is 0 Å². The zero-order valence-corrected chi connectivity index (χ0v) is 28.7. The van der Waals surface area contributed by atoms with Crippen LogP contribution >= 0.6 is 0 Å². The second kappa shape index (κ2) is 14.1. The first-order chi connectivity index (χ1) is 22.9. The topological polar surface area (TPSA) is 108 Å². The van der Waals surface area contributed by atoms with Gasteiger partial charge in [-0.2, -0.15) is 0 Å². The van der Waals surface area contributed by atoms with Gasteiger partial charge in [0.1, 0.15) is 0 Å². The fraction of sp³-hybridized carbons (Fsp3) is 0.500. The zero-order valence-electron chi connectivity index (χ0n) is 28.7. The minimum absolute atomic E-state index is 0.00769. The first-order valence-electron chi connectivity index (χ1n) is 17.3. The number of hydrogen-bond acceptors (Lipinski definition) is 6. The Hall–Kier alpha value is -3.56. The Morgan fingerprint density at radius 3 is 2.33 bits per heavy atom. The fourth-order valence-corrected chi connectivity index (χ4v) is 8.63. The number of likely N-dealkylation sites (tertiary alicyclic amines) is 1. The van der Waals surface area contributed by atoms with Gasteiger partial charge in [0.15, 0.2) is 6.29 Å². The third kappa shape index (κ3) is 7.84. The molecule has 0 aromatic heterocycles. The number of aliphatic hydroxyl groups excluding tert-OH is 1. The van der Waals surface area contributed by atoms with Crippen LogP contribution < -0.4 is 5.32 Å². The van der Waals surface area contributed by atoms with Crippen LogP contribution in [0.5, 0.6) is 0 Å². The molecule has 2 unspecified atom stereocenters. The van der Waals surface area contributed by atoms with Crippen molar-refractivity contribution in [2.45, 2.75) is 97.5 Å². The fourth-order valence-electron chi connectivity index (χ4n) is 8.63. The van der Waals surface area contributed by atoms with E-state index in [4.69, 9.17) is 14.6 Å². The molecule has 3 aromatic carbocycles. The van der Waals surface area contributed by atoms with E-state index in [9.17, 15) is 14.7 Å². The van der Waals surface area contributed by atoms with Crippen LogP contribution in [0.2, 0.25) is 0 Å². The van der Waals surface area contributed by atoms with Crippen molar-refractivity contribution in [3.05, 3.63) is 95.1 Å². The number of benzene rings is 3. The second-order valence-corrected chi connectivity index (χ2v) is 15.4. The Kier molecular flexibility index (Phi) is 10.1. The average Bonchev–Trinajstić information content (AvgIpc) is 3.30. The lowest BCUT2D eigenvalue weighted by Crippen LogP contribution is -2.46. The maximum absolute atomic E-state index is 12.2. The first kappa shape index (κ1) is 34.3. The summed E-state index contributed by atoms with van der Waals surface area (Å²) in [6.07, 6.45) is 2.75. The molecule has 2 aliphatic heterocycles. The van der Waals surface area contributed by atoms with Crippen LogP contribution in [0.4, 0.5) is 0 Å². The molecule has 3 N–H and O–H groups in total. The summed E-state index contributed by atoms with van der Waals surface area (Å²) in [5.74, 6) is -1.15. The Balaban J connectivity index is 1.22. The third-order valence-electron chi connectivity index (χ3n) is 10.6. The summed E-state index contributed by atoms with van der Waals surface area (Å²) < 4.78 is 13.6. The molecule has 1 saturated carbocycles. The van der Waals surface area contributed by atoms with Gasteiger partial charge in [-0.3, -0.25) is 14.5 Å². The molecule has 2 bridgehead atoms. The summed E-state index contributed by atoms with van der Waals surface area (Å²) in [6, 6.07) is 24.8. The number of hydrogen-bond donors (Lipinski definition) is 3. The number of fused-ring (bicyclic) bond motifs is 2. The number of aliphatic hydroxyl groups is 1. The molecule has 2 saturated heterocycles. The van der Waals surface area contributed by atoms with Crippen LogP contribution in [0.15, 0.2) is 72.8 Å². The Labute approximate surface area is 284 Å². The Bertz CT molecular complexity index is 1590. The number of carbonyl (C=O) groups excluding carboxylic acids is 1. The lowest BCUT2D eigenvalue weighted by Gasteiger charge is -2.43. The highest BCUT2D eigenvalue weighted by Gasteiger charge is 2.51. The van der Waals surface area contributed by atoms with Crippen molar-refractivity contribution in [2.24, 2.45) is 16.7 Å². The van der Waals surface area contributed by atoms with Crippen molar-refractivity contribution in [2.75, 3.05) is 13.1 Å². The molecule has 6 atom stereocenters. The molecule has 1 aliphatic carbocycles. The Morgan fingerprint density at radius 2 is 1.62 bits per heavy atom. The van der Waals surface area contributed by atoms with Crippen LogP contribution in [0.25, 0.3) is 11.1 Å². The largest absolute Gasteiger partial charge is 0.481 e. The van der Waals surface area contributed by atoms with E-state index in [-0.39, 0.29) is 43.5 Å². The highest BCUT2D eigenvalue weighted by molar-refractivity contribution is 5.80. The van der Waals surface area contributed by atoms with Crippen molar-refractivity contribution in [3.8, 4) is 11.1 Å². The summed E-state index contributed by atoms with van der Waals surface area (Å²) in [5, 5.41) is 21.4. The van der Waals surface area contributed by atoms with E-state index in [1.54, 1.807) is 0 Å². The maximum Gasteiger partial charge on any atom is 0.303 e. The first-order valence-corrected chi connectivity index (χ1v) is 17.3. The standard InChI is InChI=1S/C40H50N2O6/c1-26-34(22-42-25-40(4)20-32(42)19-39(2,3)24-40)47-38(48-37(26)29-11-9-27(23-43)10-12-29)30-15-13-28(14-16-30)33-8-6-5-7-31(33)21-41-35(44)17-18-36(45)46/h5-16,26,32,34,37-38,43H,17-25H2,1-4H3,(H,41,44)(H,45,46)/t26-,32?,34+,37+,38+,40?/m1/s1. The smallest absolute Gasteiger partial charge is 0.303 e. The van der Waals surface area contributed by atoms with E-state index in [1.807, 2.05) is 36.4 Å². The van der Waals surface area contributed by atoms with E-state index in [0.717, 1.165) is 46.5 Å². The molecule has 3 aliphatic rings. The van der Waals surface area contributed by atoms with Gasteiger partial charge in [0.05, 0.1) is 25.2 Å². The van der Waals surface area contributed by atoms with E-state index < -0.39 is 12.3 Å². The zero-order chi connectivity index (χ0) is 34.1. The number of nitrogens with one attached hydrogen (secondary N) is 1. The molecule has 0 spiro atoms. The summed E-state index contributed by atoms with van der Waals surface area (Å²) >= 11 is 0. The quantitative estimate of drug-likeness (QED) is 0.204. The van der Waals surface area contributed by atoms with Crippen LogP contribution in [-0.2, 0) is 32.2 Å². The monoisotopic (exact) mass is 654 g/mol. The summed E-state index contributed by atoms with van der Waals surface area (Å²) in [4.78, 5) is 25.7. The number of carboxylic acid groups (broad SMARTS) is 1. The highest BCUT2D eigenvalue weighted by atomic mass is 16.7. The van der Waals surface area contributed by atoms with Crippen LogP contribution in [-0.4, -0.2) is 52.2 Å². The van der Waals surface area contributed by atoms with Gasteiger partial charge >= 0.3 is 5.97 Å². The van der Waals surface area contributed by atoms with Crippen LogP contribution in [0.1, 0.15) is 94.4 Å². The molecule has 6 rings (SSSR count). The molecular formula is C40H50N2O6. The normalized spacial score (nSPS) is 28.2. The highest BCUT2D eigenvalue weighted by Crippen LogP contribution is 2.53. The number of carboxylic acids is 1. The van der Waals surface area contributed by atoms with Gasteiger partial charge in [0.25, 0.3) is 0 Å². The number of ether oxygens (including phenoxy) is 2. The molecule has 0 radical (unpaired) electrons. The Morgan fingerprint density at radius 1 is 0.917 bits per heavy atom. The van der Waals surface area contributed by atoms with Gasteiger partial charge in [0.2, 0.25) is 5.91 Å². The number of amides is 1. The molecular weight excluding hydrogens is 604 g/mol. The SMILES string of the molecule is C[C@@H]1[C@H](CN2CC3(C)CC2CC(C)(C)C3)O[C@H](c2ccc(-c3ccccc3CNC(=O)CCC(=O)O)cc2)O[C@@H]1c1ccc(CO)cc1. The van der Waals surface area contributed by atoms with Gasteiger partial charge < -0.3 is 25.0 Å². The van der Waals surface area contributed by atoms with Gasteiger partial charge in [-0.05, 0) is 57.9 Å². The predicted molar refractivity (Wildman–Crippen MR) is 185 cm³/mol. The van der Waals surface area contributed by atoms with Crippen molar-refractivity contribution in [3.63, 3.8) is 0 Å². The summed E-state index contributed by atoms with van der Waals surface area (Å²) in [6.45, 7) is 11.8. The lowest BCUT2D eigenvalue weighted by atomic mass is 9.65. The van der Waals surface area contributed by atoms with Gasteiger partial charge in [-0.1, -0.05) is 100 Å². The van der Waals surface area contributed by atoms with E-state index in [2.05, 4.69) is 74.3 Å². The summed E-state index contributed by atoms with van der Waals surface area (Å²) in [5.41, 5.74) is 6.55. The number of carbonyl (C=O) groups is 2. The minimum atomic E-state index is -0.986. The molecule has 48 heavy (non-hydrogen) atoms. The molecule has 256 valence electrons. The third-order valence-corrected chi connectivity index (χ3v) is 10.6. The molecule has 1 amide bonds. The molecule has 3 aromatic rings. The average molecular weight is 655 g/mol. The van der Waals surface area contributed by atoms with E-state index in [1.165, 1.54) is 19.3 Å². The van der Waals surface area contributed by atoms with Crippen molar-refractivity contribution in [1.29, 1.82) is 0 Å². The van der Waals surface area contributed by atoms with Crippen LogP contribution in [0.3, 0.4) is 0 Å². The van der Waals surface area contributed by atoms with Gasteiger partial charge in [-0.15, -0.1) is 0 Å². The molecule has 2 heterocycles. The molecule has 3 fully saturated rings.